The van der Waals surface area contributed by atoms with E-state index in [1.165, 1.54) is 19.3 Å². The fourth-order valence-electron chi connectivity index (χ4n) is 5.44. The highest BCUT2D eigenvalue weighted by Crippen LogP contribution is 2.27. The van der Waals surface area contributed by atoms with E-state index in [1.54, 1.807) is 13.3 Å². The third-order valence-electron chi connectivity index (χ3n) is 7.39. The number of rotatable bonds is 7. The Kier molecular flexibility index (Phi) is 7.61. The number of piperidine rings is 1. The van der Waals surface area contributed by atoms with Gasteiger partial charge in [-0.3, -0.25) is 4.99 Å². The molecular weight excluding hydrogens is 508 g/mol. The van der Waals surface area contributed by atoms with Gasteiger partial charge in [0.25, 0.3) is 0 Å². The van der Waals surface area contributed by atoms with Crippen LogP contribution in [-0.2, 0) is 0 Å². The first kappa shape index (κ1) is 25.6. The molecule has 0 atom stereocenters. The summed E-state index contributed by atoms with van der Waals surface area (Å²) >= 11 is 6.25. The normalized spacial score (nSPS) is 15.9. The van der Waals surface area contributed by atoms with E-state index in [-0.39, 0.29) is 0 Å². The first-order valence-corrected chi connectivity index (χ1v) is 14.1. The quantitative estimate of drug-likeness (QED) is 0.373. The lowest BCUT2D eigenvalue weighted by Crippen LogP contribution is -2.40. The van der Waals surface area contributed by atoms with Gasteiger partial charge in [-0.15, -0.1) is 0 Å². The number of aromatic nitrogens is 3. The molecule has 0 spiro atoms. The molecule has 1 aromatic heterocycles. The van der Waals surface area contributed by atoms with E-state index in [2.05, 4.69) is 56.2 Å². The first-order valence-electron chi connectivity index (χ1n) is 13.7. The Bertz CT molecular complexity index is 1620. The van der Waals surface area contributed by atoms with Crippen LogP contribution in [0, 0.1) is 0 Å². The van der Waals surface area contributed by atoms with Gasteiger partial charge in [0, 0.05) is 23.5 Å². The van der Waals surface area contributed by atoms with E-state index in [1.807, 2.05) is 24.3 Å². The lowest BCUT2D eigenvalue weighted by molar-refractivity contribution is 0.234. The standard InChI is InChI=1S/C31H33ClN6O/c1-39-31-25(9-7-15-34-31)36-27-20-28-30(21-26(27)33-16-19-37-17-5-2-6-18-37)38(23-13-11-22(32)12-14-23)29-10-4-3-8-24(29)35-28/h7-15,20-21,36H,2-6,16-19H2,1H3. The van der Waals surface area contributed by atoms with Crippen LogP contribution in [0.2, 0.25) is 5.02 Å². The molecular formula is C31H33ClN6O. The molecule has 8 heteroatoms. The Balaban J connectivity index is 1.53. The van der Waals surface area contributed by atoms with E-state index >= 15 is 0 Å². The van der Waals surface area contributed by atoms with Crippen LogP contribution in [0.3, 0.4) is 0 Å². The van der Waals surface area contributed by atoms with Crippen molar-refractivity contribution in [2.24, 2.45) is 4.99 Å². The summed E-state index contributed by atoms with van der Waals surface area (Å²) in [5.41, 5.74) is 4.60. The number of halogens is 1. The van der Waals surface area contributed by atoms with Crippen molar-refractivity contribution < 1.29 is 4.74 Å². The molecule has 0 bridgehead atoms. The van der Waals surface area contributed by atoms with E-state index in [4.69, 9.17) is 26.3 Å². The topological polar surface area (TPSA) is 67.6 Å². The predicted octanol–water partition coefficient (Wildman–Crippen LogP) is 4.52. The van der Waals surface area contributed by atoms with Crippen LogP contribution in [0.4, 0.5) is 11.4 Å². The molecule has 200 valence electrons. The highest BCUT2D eigenvalue weighted by Gasteiger charge is 2.17. The van der Waals surface area contributed by atoms with Gasteiger partial charge in [-0.05, 0) is 87.3 Å². The van der Waals surface area contributed by atoms with Crippen molar-refractivity contribution in [3.63, 3.8) is 0 Å². The van der Waals surface area contributed by atoms with Gasteiger partial charge in [0.1, 0.15) is 5.69 Å². The molecule has 39 heavy (non-hydrogen) atoms. The van der Waals surface area contributed by atoms with Crippen LogP contribution < -0.4 is 26.1 Å². The first-order chi connectivity index (χ1) is 19.2. The number of hydrogen-bond donors (Lipinski definition) is 1. The SMILES string of the molecule is COc1ncccc1Nc1cc2nc3c(n(-c4ccc(Cl)cc4)c-2cc1=NCCN1CCCCC1)=CCCC=3. The van der Waals surface area contributed by atoms with Gasteiger partial charge in [-0.25, -0.2) is 9.97 Å². The highest BCUT2D eigenvalue weighted by molar-refractivity contribution is 6.30. The molecule has 0 amide bonds. The smallest absolute Gasteiger partial charge is 0.237 e. The van der Waals surface area contributed by atoms with E-state index in [0.29, 0.717) is 10.9 Å². The van der Waals surface area contributed by atoms with Crippen molar-refractivity contribution in [3.05, 3.63) is 75.8 Å². The van der Waals surface area contributed by atoms with Gasteiger partial charge in [0.2, 0.25) is 5.88 Å². The Morgan fingerprint density at radius 3 is 2.64 bits per heavy atom. The molecule has 7 nitrogen and oxygen atoms in total. The lowest BCUT2D eigenvalue weighted by atomic mass is 10.1. The number of anilines is 2. The summed E-state index contributed by atoms with van der Waals surface area (Å²) in [6.45, 7) is 3.99. The molecule has 1 aromatic carbocycles. The average molecular weight is 541 g/mol. The molecule has 2 aliphatic carbocycles. The minimum atomic E-state index is 0.537. The monoisotopic (exact) mass is 540 g/mol. The zero-order valence-electron chi connectivity index (χ0n) is 22.2. The van der Waals surface area contributed by atoms with Crippen molar-refractivity contribution >= 4 is 35.1 Å². The van der Waals surface area contributed by atoms with Gasteiger partial charge in [0.05, 0.1) is 46.8 Å². The largest absolute Gasteiger partial charge is 0.480 e. The van der Waals surface area contributed by atoms with Crippen molar-refractivity contribution in [1.29, 1.82) is 0 Å². The average Bonchev–Trinajstić information content (AvgIpc) is 2.98. The van der Waals surface area contributed by atoms with Crippen LogP contribution in [0.1, 0.15) is 32.1 Å². The Morgan fingerprint density at radius 1 is 1.00 bits per heavy atom. The maximum absolute atomic E-state index is 6.25. The Hall–Kier alpha value is -3.68. The third kappa shape index (κ3) is 5.56. The molecule has 2 aromatic rings. The molecule has 1 saturated heterocycles. The number of pyridine rings is 1. The Labute approximate surface area is 233 Å². The summed E-state index contributed by atoms with van der Waals surface area (Å²) < 4.78 is 7.80. The number of benzene rings is 2. The molecule has 1 N–H and O–H groups in total. The Morgan fingerprint density at radius 2 is 1.82 bits per heavy atom. The number of fused-ring (bicyclic) bond motifs is 2. The summed E-state index contributed by atoms with van der Waals surface area (Å²) in [7, 11) is 1.63. The number of ether oxygens (including phenoxy) is 1. The zero-order chi connectivity index (χ0) is 26.6. The minimum Gasteiger partial charge on any atom is -0.480 e. The number of methoxy groups -OCH3 is 1. The minimum absolute atomic E-state index is 0.537. The van der Waals surface area contributed by atoms with Crippen LogP contribution in [0.5, 0.6) is 5.88 Å². The summed E-state index contributed by atoms with van der Waals surface area (Å²) in [6.07, 6.45) is 12.1. The molecule has 3 heterocycles. The fraction of sp³-hybridized carbons (Fsp3) is 0.323. The highest BCUT2D eigenvalue weighted by atomic mass is 35.5. The second-order valence-corrected chi connectivity index (χ2v) is 10.4. The number of nitrogens with zero attached hydrogens (tertiary/aromatic N) is 5. The van der Waals surface area contributed by atoms with Crippen molar-refractivity contribution in [2.45, 2.75) is 32.1 Å². The van der Waals surface area contributed by atoms with Crippen LogP contribution >= 0.6 is 11.6 Å². The van der Waals surface area contributed by atoms with Gasteiger partial charge < -0.3 is 19.5 Å². The number of nitrogens with one attached hydrogen (secondary N) is 1. The van der Waals surface area contributed by atoms with E-state index in [9.17, 15) is 0 Å². The van der Waals surface area contributed by atoms with Crippen molar-refractivity contribution in [2.75, 3.05) is 38.6 Å². The van der Waals surface area contributed by atoms with Gasteiger partial charge in [0.15, 0.2) is 0 Å². The van der Waals surface area contributed by atoms with Gasteiger partial charge in [-0.2, -0.15) is 0 Å². The van der Waals surface area contributed by atoms with E-state index < -0.39 is 0 Å². The summed E-state index contributed by atoms with van der Waals surface area (Å²) in [5, 5.41) is 7.23. The predicted molar refractivity (Wildman–Crippen MR) is 157 cm³/mol. The number of hydrogen-bond acceptors (Lipinski definition) is 6. The second kappa shape index (κ2) is 11.6. The maximum Gasteiger partial charge on any atom is 0.237 e. The molecule has 0 saturated carbocycles. The van der Waals surface area contributed by atoms with Gasteiger partial charge in [-0.1, -0.05) is 30.2 Å². The molecule has 4 aliphatic rings. The summed E-state index contributed by atoms with van der Waals surface area (Å²) in [5.74, 6) is 0.537. The van der Waals surface area contributed by atoms with Crippen molar-refractivity contribution in [3.8, 4) is 23.0 Å². The third-order valence-corrected chi connectivity index (χ3v) is 7.64. The van der Waals surface area contributed by atoms with Crippen LogP contribution in [-0.4, -0.2) is 52.7 Å². The van der Waals surface area contributed by atoms with Gasteiger partial charge >= 0.3 is 0 Å². The zero-order valence-corrected chi connectivity index (χ0v) is 23.0. The van der Waals surface area contributed by atoms with Crippen LogP contribution in [0.15, 0.2) is 59.7 Å². The molecule has 1 fully saturated rings. The molecule has 0 radical (unpaired) electrons. The molecule has 0 unspecified atom stereocenters. The fourth-order valence-corrected chi connectivity index (χ4v) is 5.57. The number of likely N-dealkylation sites (tertiary alicyclic amines) is 1. The second-order valence-electron chi connectivity index (χ2n) is 10.0. The molecule has 2 aliphatic heterocycles. The maximum atomic E-state index is 6.25. The van der Waals surface area contributed by atoms with Crippen LogP contribution in [0.25, 0.3) is 29.2 Å². The van der Waals surface area contributed by atoms with Crippen molar-refractivity contribution in [1.82, 2.24) is 19.4 Å². The molecule has 6 rings (SSSR count). The summed E-state index contributed by atoms with van der Waals surface area (Å²) in [4.78, 5) is 17.1. The van der Waals surface area contributed by atoms with E-state index in [0.717, 1.165) is 83.5 Å². The lowest BCUT2D eigenvalue weighted by Gasteiger charge is -2.25. The summed E-state index contributed by atoms with van der Waals surface area (Å²) in [6, 6.07) is 16.1.